The predicted molar refractivity (Wildman–Crippen MR) is 92.4 cm³/mol. The highest BCUT2D eigenvalue weighted by molar-refractivity contribution is 5.94. The third-order valence-corrected chi connectivity index (χ3v) is 3.86. The van der Waals surface area contributed by atoms with Gasteiger partial charge in [0.05, 0.1) is 5.69 Å². The van der Waals surface area contributed by atoms with Crippen molar-refractivity contribution in [3.63, 3.8) is 0 Å². The number of pyridine rings is 1. The summed E-state index contributed by atoms with van der Waals surface area (Å²) in [5, 5.41) is 11.4. The molecule has 0 fully saturated rings. The molecule has 0 aliphatic rings. The van der Waals surface area contributed by atoms with Crippen LogP contribution in [0.15, 0.2) is 37.1 Å². The highest BCUT2D eigenvalue weighted by Crippen LogP contribution is 2.08. The molecule has 0 saturated carbocycles. The Hall–Kier alpha value is -3.03. The first-order chi connectivity index (χ1) is 12.0. The minimum Gasteiger partial charge on any atom is -0.352 e. The van der Waals surface area contributed by atoms with E-state index in [1.807, 2.05) is 24.6 Å². The summed E-state index contributed by atoms with van der Waals surface area (Å²) in [6.45, 7) is 7.43. The van der Waals surface area contributed by atoms with Gasteiger partial charge in [-0.2, -0.15) is 10.2 Å². The number of nitrogens with zero attached hydrogens (tertiary/aromatic N) is 6. The third-order valence-electron chi connectivity index (χ3n) is 3.86. The number of carbonyl (C=O) groups is 1. The molecular weight excluding hydrogens is 318 g/mol. The quantitative estimate of drug-likeness (QED) is 0.736. The smallest absolute Gasteiger partial charge is 0.251 e. The van der Waals surface area contributed by atoms with Gasteiger partial charge in [-0.05, 0) is 38.0 Å². The molecule has 0 radical (unpaired) electrons. The van der Waals surface area contributed by atoms with Crippen molar-refractivity contribution >= 4 is 5.91 Å². The highest BCUT2D eigenvalue weighted by atomic mass is 16.1. The Balaban J connectivity index is 1.59. The van der Waals surface area contributed by atoms with E-state index >= 15 is 0 Å². The second-order valence-electron chi connectivity index (χ2n) is 6.17. The van der Waals surface area contributed by atoms with Crippen molar-refractivity contribution in [2.45, 2.75) is 27.3 Å². The van der Waals surface area contributed by atoms with E-state index in [-0.39, 0.29) is 11.8 Å². The molecule has 3 aromatic heterocycles. The van der Waals surface area contributed by atoms with Crippen LogP contribution in [-0.2, 0) is 6.54 Å². The molecule has 0 aliphatic heterocycles. The second kappa shape index (κ2) is 7.25. The minimum absolute atomic E-state index is 0.135. The van der Waals surface area contributed by atoms with Gasteiger partial charge in [0.1, 0.15) is 12.7 Å². The summed E-state index contributed by atoms with van der Waals surface area (Å²) >= 11 is 0. The van der Waals surface area contributed by atoms with Crippen LogP contribution in [0.25, 0.3) is 5.82 Å². The zero-order valence-electron chi connectivity index (χ0n) is 14.5. The lowest BCUT2D eigenvalue weighted by atomic mass is 10.1. The van der Waals surface area contributed by atoms with Crippen molar-refractivity contribution in [2.75, 3.05) is 6.54 Å². The Morgan fingerprint density at radius 1 is 1.32 bits per heavy atom. The lowest BCUT2D eigenvalue weighted by molar-refractivity contribution is 0.0946. The van der Waals surface area contributed by atoms with Crippen LogP contribution in [0.5, 0.6) is 0 Å². The van der Waals surface area contributed by atoms with Gasteiger partial charge < -0.3 is 5.32 Å². The van der Waals surface area contributed by atoms with E-state index in [0.717, 1.165) is 17.9 Å². The maximum absolute atomic E-state index is 12.4. The van der Waals surface area contributed by atoms with E-state index in [1.165, 1.54) is 11.0 Å². The van der Waals surface area contributed by atoms with Crippen molar-refractivity contribution < 1.29 is 4.79 Å². The molecule has 1 amide bonds. The molecule has 0 unspecified atom stereocenters. The Morgan fingerprint density at radius 3 is 2.84 bits per heavy atom. The number of amides is 1. The summed E-state index contributed by atoms with van der Waals surface area (Å²) < 4.78 is 3.49. The SMILES string of the molecule is Cc1cc(C)n(C[C@H](C)CNC(=O)c2ccnc(-n3cncn3)c2)n1. The molecule has 0 bridgehead atoms. The molecule has 3 heterocycles. The van der Waals surface area contributed by atoms with Gasteiger partial charge in [0.25, 0.3) is 5.91 Å². The molecule has 130 valence electrons. The molecule has 1 atom stereocenters. The van der Waals surface area contributed by atoms with Crippen LogP contribution in [0.1, 0.15) is 28.7 Å². The Kier molecular flexibility index (Phi) is 4.87. The van der Waals surface area contributed by atoms with Gasteiger partial charge in [-0.25, -0.2) is 14.6 Å². The van der Waals surface area contributed by atoms with Crippen molar-refractivity contribution in [2.24, 2.45) is 5.92 Å². The van der Waals surface area contributed by atoms with Gasteiger partial charge in [-0.1, -0.05) is 6.92 Å². The fraction of sp³-hybridized carbons (Fsp3) is 0.353. The molecule has 8 nitrogen and oxygen atoms in total. The largest absolute Gasteiger partial charge is 0.352 e. The molecular formula is C17H21N7O. The maximum atomic E-state index is 12.4. The van der Waals surface area contributed by atoms with E-state index in [1.54, 1.807) is 24.7 Å². The van der Waals surface area contributed by atoms with Gasteiger partial charge in [0.2, 0.25) is 0 Å². The first kappa shape index (κ1) is 16.8. The molecule has 0 aromatic carbocycles. The van der Waals surface area contributed by atoms with Gasteiger partial charge in [0.15, 0.2) is 5.82 Å². The fourth-order valence-electron chi connectivity index (χ4n) is 2.60. The summed E-state index contributed by atoms with van der Waals surface area (Å²) in [6, 6.07) is 5.42. The number of rotatable bonds is 6. The molecule has 0 saturated heterocycles. The van der Waals surface area contributed by atoms with E-state index in [4.69, 9.17) is 0 Å². The van der Waals surface area contributed by atoms with E-state index in [0.29, 0.717) is 17.9 Å². The first-order valence-corrected chi connectivity index (χ1v) is 8.13. The first-order valence-electron chi connectivity index (χ1n) is 8.13. The molecule has 3 rings (SSSR count). The Bertz CT molecular complexity index is 854. The fourth-order valence-corrected chi connectivity index (χ4v) is 2.60. The molecule has 3 aromatic rings. The lowest BCUT2D eigenvalue weighted by Crippen LogP contribution is -2.30. The minimum atomic E-state index is -0.135. The number of nitrogens with one attached hydrogen (secondary N) is 1. The molecule has 1 N–H and O–H groups in total. The summed E-state index contributed by atoms with van der Waals surface area (Å²) in [5.41, 5.74) is 2.67. The molecule has 25 heavy (non-hydrogen) atoms. The predicted octanol–water partition coefficient (Wildman–Crippen LogP) is 1.54. The van der Waals surface area contributed by atoms with Crippen LogP contribution < -0.4 is 5.32 Å². The standard InChI is InChI=1S/C17H21N7O/c1-12(9-23-14(3)6-13(2)22-23)8-20-17(25)15-4-5-19-16(7-15)24-11-18-10-21-24/h4-7,10-12H,8-9H2,1-3H3,(H,20,25)/t12-/m1/s1. The number of carbonyl (C=O) groups excluding carboxylic acids is 1. The second-order valence-corrected chi connectivity index (χ2v) is 6.17. The summed E-state index contributed by atoms with van der Waals surface area (Å²) in [5.74, 6) is 0.684. The topological polar surface area (TPSA) is 90.5 Å². The number of aromatic nitrogens is 6. The summed E-state index contributed by atoms with van der Waals surface area (Å²) in [7, 11) is 0. The zero-order chi connectivity index (χ0) is 17.8. The van der Waals surface area contributed by atoms with Gasteiger partial charge in [-0.15, -0.1) is 0 Å². The average molecular weight is 339 g/mol. The van der Waals surface area contributed by atoms with Crippen LogP contribution in [0.2, 0.25) is 0 Å². The zero-order valence-corrected chi connectivity index (χ0v) is 14.5. The van der Waals surface area contributed by atoms with Gasteiger partial charge in [0, 0.05) is 30.5 Å². The summed E-state index contributed by atoms with van der Waals surface area (Å²) in [4.78, 5) is 20.5. The highest BCUT2D eigenvalue weighted by Gasteiger charge is 2.11. The normalized spacial score (nSPS) is 12.1. The number of hydrogen-bond acceptors (Lipinski definition) is 5. The van der Waals surface area contributed by atoms with Crippen molar-refractivity contribution in [3.05, 3.63) is 54.0 Å². The van der Waals surface area contributed by atoms with Crippen LogP contribution >= 0.6 is 0 Å². The third kappa shape index (κ3) is 4.09. The Morgan fingerprint density at radius 2 is 2.16 bits per heavy atom. The Labute approximate surface area is 145 Å². The van der Waals surface area contributed by atoms with Crippen LogP contribution in [0, 0.1) is 19.8 Å². The summed E-state index contributed by atoms with van der Waals surface area (Å²) in [6.07, 6.45) is 4.56. The lowest BCUT2D eigenvalue weighted by Gasteiger charge is -2.14. The van der Waals surface area contributed by atoms with Crippen molar-refractivity contribution in [1.82, 2.24) is 34.8 Å². The van der Waals surface area contributed by atoms with Crippen LogP contribution in [-0.4, -0.2) is 42.0 Å². The van der Waals surface area contributed by atoms with Crippen LogP contribution in [0.3, 0.4) is 0 Å². The number of hydrogen-bond donors (Lipinski definition) is 1. The van der Waals surface area contributed by atoms with E-state index < -0.39 is 0 Å². The molecule has 0 spiro atoms. The number of aryl methyl sites for hydroxylation is 2. The van der Waals surface area contributed by atoms with Crippen LogP contribution in [0.4, 0.5) is 0 Å². The van der Waals surface area contributed by atoms with E-state index in [9.17, 15) is 4.79 Å². The monoisotopic (exact) mass is 339 g/mol. The molecule has 8 heteroatoms. The average Bonchev–Trinajstić information content (AvgIpc) is 3.23. The van der Waals surface area contributed by atoms with E-state index in [2.05, 4.69) is 32.4 Å². The maximum Gasteiger partial charge on any atom is 0.251 e. The van der Waals surface area contributed by atoms with Crippen molar-refractivity contribution in [1.29, 1.82) is 0 Å². The van der Waals surface area contributed by atoms with Gasteiger partial charge in [-0.3, -0.25) is 9.48 Å². The van der Waals surface area contributed by atoms with Crippen molar-refractivity contribution in [3.8, 4) is 5.82 Å². The van der Waals surface area contributed by atoms with Gasteiger partial charge >= 0.3 is 0 Å². The molecule has 0 aliphatic carbocycles.